The third kappa shape index (κ3) is 1.12. The summed E-state index contributed by atoms with van der Waals surface area (Å²) in [6.45, 7) is 0.701. The van der Waals surface area contributed by atoms with Gasteiger partial charge in [0.25, 0.3) is 0 Å². The van der Waals surface area contributed by atoms with Crippen molar-refractivity contribution in [2.45, 2.75) is 18.3 Å². The van der Waals surface area contributed by atoms with E-state index in [0.29, 0.717) is 6.54 Å². The zero-order chi connectivity index (χ0) is 7.90. The minimum atomic E-state index is 0.187. The largest absolute Gasteiger partial charge is 0.454 e. The zero-order valence-electron chi connectivity index (χ0n) is 6.14. The number of hydrogen-bond acceptors (Lipinski definition) is 2. The lowest BCUT2D eigenvalue weighted by atomic mass is 10.1. The van der Waals surface area contributed by atoms with Crippen molar-refractivity contribution in [1.82, 2.24) is 0 Å². The number of halogens is 1. The van der Waals surface area contributed by atoms with Gasteiger partial charge in [-0.3, -0.25) is 0 Å². The molecule has 0 atom stereocenters. The smallest absolute Gasteiger partial charge is 0.169 e. The van der Waals surface area contributed by atoms with E-state index in [2.05, 4.69) is 15.9 Å². The average Bonchev–Trinajstić information content (AvgIpc) is 2.70. The molecule has 1 fully saturated rings. The van der Waals surface area contributed by atoms with Crippen molar-refractivity contribution in [3.63, 3.8) is 0 Å². The maximum absolute atomic E-state index is 5.63. The first-order valence-electron chi connectivity index (χ1n) is 3.73. The molecule has 1 heterocycles. The maximum Gasteiger partial charge on any atom is 0.169 e. The number of nitrogens with two attached hydrogens (primary N) is 1. The lowest BCUT2D eigenvalue weighted by Gasteiger charge is -2.06. The molecule has 0 saturated heterocycles. The van der Waals surface area contributed by atoms with Crippen LogP contribution in [0.15, 0.2) is 21.2 Å². The van der Waals surface area contributed by atoms with Crippen LogP contribution in [-0.4, -0.2) is 6.54 Å². The maximum atomic E-state index is 5.63. The van der Waals surface area contributed by atoms with Crippen molar-refractivity contribution < 1.29 is 4.42 Å². The number of hydrogen-bond donors (Lipinski definition) is 1. The highest BCUT2D eigenvalue weighted by Crippen LogP contribution is 2.48. The van der Waals surface area contributed by atoms with Crippen molar-refractivity contribution in [3.8, 4) is 0 Å². The highest BCUT2D eigenvalue weighted by atomic mass is 79.9. The Balaban J connectivity index is 2.29. The van der Waals surface area contributed by atoms with Crippen LogP contribution >= 0.6 is 15.9 Å². The van der Waals surface area contributed by atoms with Gasteiger partial charge in [0, 0.05) is 12.0 Å². The molecule has 2 nitrogen and oxygen atoms in total. The highest BCUT2D eigenvalue weighted by molar-refractivity contribution is 9.10. The average molecular weight is 216 g/mol. The van der Waals surface area contributed by atoms with Gasteiger partial charge in [-0.1, -0.05) is 0 Å². The molecule has 0 bridgehead atoms. The fourth-order valence-electron chi connectivity index (χ4n) is 1.30. The Bertz CT molecular complexity index is 265. The molecule has 2 rings (SSSR count). The van der Waals surface area contributed by atoms with Gasteiger partial charge in [0.1, 0.15) is 5.76 Å². The van der Waals surface area contributed by atoms with Crippen molar-refractivity contribution in [3.05, 3.63) is 22.6 Å². The summed E-state index contributed by atoms with van der Waals surface area (Å²) in [6.07, 6.45) is 2.34. The summed E-state index contributed by atoms with van der Waals surface area (Å²) in [7, 11) is 0. The van der Waals surface area contributed by atoms with E-state index in [4.69, 9.17) is 10.2 Å². The third-order valence-corrected chi connectivity index (χ3v) is 2.77. The SMILES string of the molecule is NCC1(c2ccc(Br)o2)CC1. The van der Waals surface area contributed by atoms with Gasteiger partial charge < -0.3 is 10.2 Å². The molecular formula is C8H10BrNO. The second-order valence-electron chi connectivity index (χ2n) is 3.09. The predicted molar refractivity (Wildman–Crippen MR) is 46.4 cm³/mol. The Labute approximate surface area is 73.9 Å². The second-order valence-corrected chi connectivity index (χ2v) is 3.87. The van der Waals surface area contributed by atoms with Crippen LogP contribution in [0.1, 0.15) is 18.6 Å². The lowest BCUT2D eigenvalue weighted by molar-refractivity contribution is 0.438. The van der Waals surface area contributed by atoms with Gasteiger partial charge in [0.2, 0.25) is 0 Å². The van der Waals surface area contributed by atoms with Crippen LogP contribution in [0, 0.1) is 0 Å². The van der Waals surface area contributed by atoms with Gasteiger partial charge in [-0.05, 0) is 40.9 Å². The second kappa shape index (κ2) is 2.35. The van der Waals surface area contributed by atoms with E-state index in [1.165, 1.54) is 12.8 Å². The molecule has 3 heteroatoms. The van der Waals surface area contributed by atoms with Crippen molar-refractivity contribution in [2.24, 2.45) is 5.73 Å². The normalized spacial score (nSPS) is 20.2. The molecule has 0 unspecified atom stereocenters. The molecule has 0 spiro atoms. The fourth-order valence-corrected chi connectivity index (χ4v) is 1.61. The van der Waals surface area contributed by atoms with Gasteiger partial charge >= 0.3 is 0 Å². The summed E-state index contributed by atoms with van der Waals surface area (Å²) in [5.41, 5.74) is 5.82. The minimum Gasteiger partial charge on any atom is -0.454 e. The van der Waals surface area contributed by atoms with E-state index >= 15 is 0 Å². The standard InChI is InChI=1S/C8H10BrNO/c9-7-2-1-6(11-7)8(5-10)3-4-8/h1-2H,3-5,10H2. The van der Waals surface area contributed by atoms with Gasteiger partial charge in [0.05, 0.1) is 0 Å². The van der Waals surface area contributed by atoms with Gasteiger partial charge in [-0.25, -0.2) is 0 Å². The monoisotopic (exact) mass is 215 g/mol. The van der Waals surface area contributed by atoms with Crippen LogP contribution in [0.5, 0.6) is 0 Å². The van der Waals surface area contributed by atoms with E-state index in [1.54, 1.807) is 0 Å². The Hall–Kier alpha value is -0.280. The molecule has 60 valence electrons. The quantitative estimate of drug-likeness (QED) is 0.821. The molecule has 1 aromatic rings. The Morgan fingerprint density at radius 1 is 1.55 bits per heavy atom. The fraction of sp³-hybridized carbons (Fsp3) is 0.500. The number of furan rings is 1. The van der Waals surface area contributed by atoms with Gasteiger partial charge in [0.15, 0.2) is 4.67 Å². The third-order valence-electron chi connectivity index (χ3n) is 2.34. The predicted octanol–water partition coefficient (Wildman–Crippen LogP) is 2.03. The van der Waals surface area contributed by atoms with Crippen LogP contribution < -0.4 is 5.73 Å². The summed E-state index contributed by atoms with van der Waals surface area (Å²) in [5, 5.41) is 0. The molecule has 1 aromatic heterocycles. The van der Waals surface area contributed by atoms with Crippen LogP contribution in [-0.2, 0) is 5.41 Å². The molecule has 0 radical (unpaired) electrons. The summed E-state index contributed by atoms with van der Waals surface area (Å²) in [5.74, 6) is 1.03. The van der Waals surface area contributed by atoms with E-state index in [0.717, 1.165) is 10.4 Å². The molecular weight excluding hydrogens is 206 g/mol. The molecule has 1 aliphatic rings. The van der Waals surface area contributed by atoms with Crippen LogP contribution in [0.4, 0.5) is 0 Å². The first-order chi connectivity index (χ1) is 5.27. The molecule has 0 aliphatic heterocycles. The molecule has 11 heavy (non-hydrogen) atoms. The van der Waals surface area contributed by atoms with Crippen LogP contribution in [0.25, 0.3) is 0 Å². The summed E-state index contributed by atoms with van der Waals surface area (Å²) in [6, 6.07) is 3.93. The molecule has 1 saturated carbocycles. The molecule has 0 amide bonds. The first-order valence-corrected chi connectivity index (χ1v) is 4.52. The van der Waals surface area contributed by atoms with E-state index in [9.17, 15) is 0 Å². The van der Waals surface area contributed by atoms with Crippen molar-refractivity contribution >= 4 is 15.9 Å². The lowest BCUT2D eigenvalue weighted by Crippen LogP contribution is -2.18. The van der Waals surface area contributed by atoms with Gasteiger partial charge in [-0.15, -0.1) is 0 Å². The van der Waals surface area contributed by atoms with E-state index in [-0.39, 0.29) is 5.41 Å². The van der Waals surface area contributed by atoms with E-state index in [1.807, 2.05) is 12.1 Å². The Morgan fingerprint density at radius 3 is 2.64 bits per heavy atom. The highest BCUT2D eigenvalue weighted by Gasteiger charge is 2.45. The van der Waals surface area contributed by atoms with Gasteiger partial charge in [-0.2, -0.15) is 0 Å². The zero-order valence-corrected chi connectivity index (χ0v) is 7.73. The van der Waals surface area contributed by atoms with Crippen molar-refractivity contribution in [2.75, 3.05) is 6.54 Å². The molecule has 0 aromatic carbocycles. The van der Waals surface area contributed by atoms with Crippen LogP contribution in [0.2, 0.25) is 0 Å². The van der Waals surface area contributed by atoms with Crippen LogP contribution in [0.3, 0.4) is 0 Å². The summed E-state index contributed by atoms with van der Waals surface area (Å²) < 4.78 is 6.24. The first kappa shape index (κ1) is 7.37. The number of rotatable bonds is 2. The molecule has 2 N–H and O–H groups in total. The minimum absolute atomic E-state index is 0.187. The van der Waals surface area contributed by atoms with E-state index < -0.39 is 0 Å². The molecule has 1 aliphatic carbocycles. The summed E-state index contributed by atoms with van der Waals surface area (Å²) in [4.78, 5) is 0. The Morgan fingerprint density at radius 2 is 2.27 bits per heavy atom. The topological polar surface area (TPSA) is 39.2 Å². The summed E-state index contributed by atoms with van der Waals surface area (Å²) >= 11 is 3.27. The Kier molecular flexibility index (Phi) is 1.58. The van der Waals surface area contributed by atoms with Crippen molar-refractivity contribution in [1.29, 1.82) is 0 Å².